The van der Waals surface area contributed by atoms with Gasteiger partial charge in [-0.15, -0.1) is 11.8 Å². The van der Waals surface area contributed by atoms with Gasteiger partial charge < -0.3 is 14.8 Å². The summed E-state index contributed by atoms with van der Waals surface area (Å²) in [6, 6.07) is 12.3. The molecule has 2 aromatic carbocycles. The van der Waals surface area contributed by atoms with Crippen molar-refractivity contribution in [1.29, 1.82) is 0 Å². The number of para-hydroxylation sites is 1. The van der Waals surface area contributed by atoms with Crippen LogP contribution in [0.5, 0.6) is 5.75 Å². The average Bonchev–Trinajstić information content (AvgIpc) is 2.79. The summed E-state index contributed by atoms with van der Waals surface area (Å²) >= 11 is 7.57. The van der Waals surface area contributed by atoms with Crippen molar-refractivity contribution in [3.05, 3.63) is 53.1 Å². The van der Waals surface area contributed by atoms with Crippen LogP contribution in [0.25, 0.3) is 0 Å². The van der Waals surface area contributed by atoms with Gasteiger partial charge in [0.1, 0.15) is 19.0 Å². The van der Waals surface area contributed by atoms with Gasteiger partial charge in [0.05, 0.1) is 16.3 Å². The molecular weight excluding hydrogens is 362 g/mol. The van der Waals surface area contributed by atoms with Crippen molar-refractivity contribution >= 4 is 40.9 Å². The molecule has 3 rings (SSSR count). The molecule has 25 heavy (non-hydrogen) atoms. The normalized spacial score (nSPS) is 13.4. The van der Waals surface area contributed by atoms with Crippen molar-refractivity contribution in [3.63, 3.8) is 0 Å². The summed E-state index contributed by atoms with van der Waals surface area (Å²) in [5.74, 6) is 0.756. The lowest BCUT2D eigenvalue weighted by Crippen LogP contribution is -2.14. The molecule has 5 nitrogen and oxygen atoms in total. The Bertz CT molecular complexity index is 796. The number of esters is 1. The van der Waals surface area contributed by atoms with E-state index in [0.717, 1.165) is 10.6 Å². The Balaban J connectivity index is 1.55. The number of halogens is 1. The number of ether oxygens (including phenoxy) is 2. The average molecular weight is 378 g/mol. The van der Waals surface area contributed by atoms with Crippen molar-refractivity contribution in [3.8, 4) is 5.75 Å². The van der Waals surface area contributed by atoms with E-state index in [1.807, 2.05) is 18.2 Å². The molecule has 0 saturated carbocycles. The zero-order valence-electron chi connectivity index (χ0n) is 13.3. The van der Waals surface area contributed by atoms with Gasteiger partial charge in [-0.2, -0.15) is 0 Å². The zero-order chi connectivity index (χ0) is 17.6. The minimum atomic E-state index is -0.464. The second kappa shape index (κ2) is 8.27. The van der Waals surface area contributed by atoms with Crippen molar-refractivity contribution in [2.24, 2.45) is 0 Å². The molecule has 1 heterocycles. The smallest absolute Gasteiger partial charge is 0.338 e. The third kappa shape index (κ3) is 4.67. The number of anilines is 1. The van der Waals surface area contributed by atoms with Crippen LogP contribution < -0.4 is 10.1 Å². The molecule has 1 N–H and O–H groups in total. The third-order valence-electron chi connectivity index (χ3n) is 3.49. The van der Waals surface area contributed by atoms with Gasteiger partial charge in [0.25, 0.3) is 0 Å². The van der Waals surface area contributed by atoms with Crippen LogP contribution in [-0.2, 0) is 9.53 Å². The monoisotopic (exact) mass is 377 g/mol. The molecule has 1 amide bonds. The summed E-state index contributed by atoms with van der Waals surface area (Å²) in [6.45, 7) is 0.301. The molecule has 130 valence electrons. The van der Waals surface area contributed by atoms with Gasteiger partial charge in [-0.1, -0.05) is 23.7 Å². The molecule has 0 radical (unpaired) electrons. The molecule has 0 fully saturated rings. The molecule has 0 saturated heterocycles. The Kier molecular flexibility index (Phi) is 5.83. The standard InChI is InChI=1S/C18H16ClNO4S/c19-13-3-1-2-4-15(13)23-8-9-24-18(22)12-5-6-16-14(11-12)20-17(21)7-10-25-16/h1-6,11H,7-10H2,(H,20,21). The Morgan fingerprint density at radius 2 is 2.04 bits per heavy atom. The van der Waals surface area contributed by atoms with E-state index in [9.17, 15) is 9.59 Å². The van der Waals surface area contributed by atoms with E-state index in [2.05, 4.69) is 5.32 Å². The predicted molar refractivity (Wildman–Crippen MR) is 97.6 cm³/mol. The van der Waals surface area contributed by atoms with Crippen molar-refractivity contribution in [2.75, 3.05) is 24.3 Å². The first-order valence-corrected chi connectivity index (χ1v) is 9.11. The summed E-state index contributed by atoms with van der Waals surface area (Å²) in [5.41, 5.74) is 1.04. The highest BCUT2D eigenvalue weighted by Gasteiger charge is 2.16. The Labute approximate surface area is 154 Å². The number of carbonyl (C=O) groups is 2. The topological polar surface area (TPSA) is 64.6 Å². The molecular formula is C18H16ClNO4S. The van der Waals surface area contributed by atoms with Crippen LogP contribution in [0.2, 0.25) is 5.02 Å². The van der Waals surface area contributed by atoms with Gasteiger partial charge in [0, 0.05) is 17.1 Å². The number of amides is 1. The maximum atomic E-state index is 12.2. The van der Waals surface area contributed by atoms with Gasteiger partial charge in [0.15, 0.2) is 0 Å². The van der Waals surface area contributed by atoms with Crippen molar-refractivity contribution in [2.45, 2.75) is 11.3 Å². The molecule has 7 heteroatoms. The van der Waals surface area contributed by atoms with Crippen LogP contribution in [-0.4, -0.2) is 30.8 Å². The highest BCUT2D eigenvalue weighted by Crippen LogP contribution is 2.31. The number of nitrogens with one attached hydrogen (secondary N) is 1. The fraction of sp³-hybridized carbons (Fsp3) is 0.222. The maximum absolute atomic E-state index is 12.2. The van der Waals surface area contributed by atoms with E-state index in [1.54, 1.807) is 36.0 Å². The molecule has 0 aromatic heterocycles. The highest BCUT2D eigenvalue weighted by atomic mass is 35.5. The van der Waals surface area contributed by atoms with E-state index in [4.69, 9.17) is 21.1 Å². The number of benzene rings is 2. The third-order valence-corrected chi connectivity index (χ3v) is 4.87. The molecule has 0 spiro atoms. The molecule has 1 aliphatic rings. The lowest BCUT2D eigenvalue weighted by atomic mass is 10.2. The van der Waals surface area contributed by atoms with Gasteiger partial charge in [-0.05, 0) is 30.3 Å². The predicted octanol–water partition coefficient (Wildman–Crippen LogP) is 4.01. The second-order valence-corrected chi connectivity index (χ2v) is 6.82. The van der Waals surface area contributed by atoms with Crippen LogP contribution in [0.4, 0.5) is 5.69 Å². The first-order chi connectivity index (χ1) is 12.1. The molecule has 0 atom stereocenters. The van der Waals surface area contributed by atoms with Gasteiger partial charge >= 0.3 is 5.97 Å². The lowest BCUT2D eigenvalue weighted by Gasteiger charge is -2.10. The Hall–Kier alpha value is -2.18. The van der Waals surface area contributed by atoms with Crippen LogP contribution in [0.15, 0.2) is 47.4 Å². The molecule has 0 unspecified atom stereocenters. The molecule has 2 aromatic rings. The minimum Gasteiger partial charge on any atom is -0.488 e. The van der Waals surface area contributed by atoms with E-state index < -0.39 is 5.97 Å². The van der Waals surface area contributed by atoms with E-state index in [1.165, 1.54) is 0 Å². The number of thioether (sulfide) groups is 1. The maximum Gasteiger partial charge on any atom is 0.338 e. The fourth-order valence-electron chi connectivity index (χ4n) is 2.28. The first-order valence-electron chi connectivity index (χ1n) is 7.74. The van der Waals surface area contributed by atoms with E-state index in [0.29, 0.717) is 28.4 Å². The Morgan fingerprint density at radius 1 is 1.20 bits per heavy atom. The quantitative estimate of drug-likeness (QED) is 0.630. The zero-order valence-corrected chi connectivity index (χ0v) is 14.9. The number of fused-ring (bicyclic) bond motifs is 1. The second-order valence-electron chi connectivity index (χ2n) is 5.27. The number of carbonyl (C=O) groups excluding carboxylic acids is 2. The van der Waals surface area contributed by atoms with Crippen LogP contribution in [0.3, 0.4) is 0 Å². The van der Waals surface area contributed by atoms with E-state index in [-0.39, 0.29) is 19.1 Å². The van der Waals surface area contributed by atoms with Gasteiger partial charge in [-0.3, -0.25) is 4.79 Å². The van der Waals surface area contributed by atoms with Crippen molar-refractivity contribution < 1.29 is 19.1 Å². The van der Waals surface area contributed by atoms with Gasteiger partial charge in [0.2, 0.25) is 5.91 Å². The largest absolute Gasteiger partial charge is 0.488 e. The van der Waals surface area contributed by atoms with E-state index >= 15 is 0 Å². The van der Waals surface area contributed by atoms with Crippen LogP contribution in [0.1, 0.15) is 16.8 Å². The fourth-order valence-corrected chi connectivity index (χ4v) is 3.41. The summed E-state index contributed by atoms with van der Waals surface area (Å²) in [7, 11) is 0. The molecule has 1 aliphatic heterocycles. The SMILES string of the molecule is O=C1CCSc2ccc(C(=O)OCCOc3ccccc3Cl)cc2N1. The summed E-state index contributed by atoms with van der Waals surface area (Å²) in [6.07, 6.45) is 0.457. The first kappa shape index (κ1) is 17.6. The van der Waals surface area contributed by atoms with Gasteiger partial charge in [-0.25, -0.2) is 4.79 Å². The number of rotatable bonds is 5. The Morgan fingerprint density at radius 3 is 2.88 bits per heavy atom. The highest BCUT2D eigenvalue weighted by molar-refractivity contribution is 7.99. The van der Waals surface area contributed by atoms with Crippen molar-refractivity contribution in [1.82, 2.24) is 0 Å². The van der Waals surface area contributed by atoms with Crippen LogP contribution >= 0.6 is 23.4 Å². The summed E-state index contributed by atoms with van der Waals surface area (Å²) in [4.78, 5) is 24.7. The summed E-state index contributed by atoms with van der Waals surface area (Å²) < 4.78 is 10.7. The lowest BCUT2D eigenvalue weighted by molar-refractivity contribution is -0.115. The summed E-state index contributed by atoms with van der Waals surface area (Å²) in [5, 5.41) is 3.31. The molecule has 0 aliphatic carbocycles. The molecule has 0 bridgehead atoms. The minimum absolute atomic E-state index is 0.0510. The number of hydrogen-bond acceptors (Lipinski definition) is 5. The number of hydrogen-bond donors (Lipinski definition) is 1. The van der Waals surface area contributed by atoms with Crippen LogP contribution in [0, 0.1) is 0 Å².